The maximum absolute atomic E-state index is 4.36. The fourth-order valence-electron chi connectivity index (χ4n) is 1.84. The van der Waals surface area contributed by atoms with Gasteiger partial charge in [-0.1, -0.05) is 19.9 Å². The zero-order valence-corrected chi connectivity index (χ0v) is 10.2. The van der Waals surface area contributed by atoms with Crippen LogP contribution in [0, 0.1) is 0 Å². The summed E-state index contributed by atoms with van der Waals surface area (Å²) in [6.45, 7) is 5.36. The molecule has 1 aromatic heterocycles. The Hall–Kier alpha value is -1.35. The number of aromatic nitrogens is 2. The van der Waals surface area contributed by atoms with Crippen molar-refractivity contribution in [2.75, 3.05) is 6.54 Å². The zero-order valence-electron chi connectivity index (χ0n) is 10.2. The summed E-state index contributed by atoms with van der Waals surface area (Å²) in [6, 6.07) is 7.06. The zero-order chi connectivity index (χ0) is 11.5. The number of nitrogens with one attached hydrogen (secondary N) is 1. The van der Waals surface area contributed by atoms with Gasteiger partial charge in [0.1, 0.15) is 0 Å². The third-order valence-electron chi connectivity index (χ3n) is 2.76. The molecule has 2 rings (SSSR count). The standard InChI is InChI=1S/C13H19N3/c1-10(2)14-7-6-11-4-5-13-12(8-11)15-9-16(13)3/h4-5,8-10,14H,6-7H2,1-3H3. The second-order valence-electron chi connectivity index (χ2n) is 4.54. The van der Waals surface area contributed by atoms with Crippen molar-refractivity contribution in [2.24, 2.45) is 7.05 Å². The minimum Gasteiger partial charge on any atom is -0.334 e. The fraction of sp³-hybridized carbons (Fsp3) is 0.462. The lowest BCUT2D eigenvalue weighted by molar-refractivity contribution is 0.590. The van der Waals surface area contributed by atoms with Crippen molar-refractivity contribution in [1.82, 2.24) is 14.9 Å². The number of nitrogens with zero attached hydrogens (tertiary/aromatic N) is 2. The molecular weight excluding hydrogens is 198 g/mol. The van der Waals surface area contributed by atoms with Gasteiger partial charge in [-0.05, 0) is 30.7 Å². The summed E-state index contributed by atoms with van der Waals surface area (Å²) in [6.07, 6.45) is 2.92. The third-order valence-corrected chi connectivity index (χ3v) is 2.76. The van der Waals surface area contributed by atoms with E-state index >= 15 is 0 Å². The van der Waals surface area contributed by atoms with Gasteiger partial charge in [-0.15, -0.1) is 0 Å². The van der Waals surface area contributed by atoms with E-state index in [2.05, 4.69) is 42.3 Å². The molecule has 0 unspecified atom stereocenters. The Bertz CT molecular complexity index is 471. The van der Waals surface area contributed by atoms with E-state index in [1.165, 1.54) is 11.1 Å². The van der Waals surface area contributed by atoms with Gasteiger partial charge < -0.3 is 9.88 Å². The van der Waals surface area contributed by atoms with Gasteiger partial charge in [-0.2, -0.15) is 0 Å². The Labute approximate surface area is 96.5 Å². The number of benzene rings is 1. The van der Waals surface area contributed by atoms with Crippen LogP contribution < -0.4 is 5.32 Å². The number of imidazole rings is 1. The molecule has 3 heteroatoms. The summed E-state index contributed by atoms with van der Waals surface area (Å²) in [5, 5.41) is 3.42. The van der Waals surface area contributed by atoms with E-state index in [4.69, 9.17) is 0 Å². The van der Waals surface area contributed by atoms with E-state index < -0.39 is 0 Å². The maximum atomic E-state index is 4.36. The second-order valence-corrected chi connectivity index (χ2v) is 4.54. The lowest BCUT2D eigenvalue weighted by Gasteiger charge is -2.07. The molecule has 0 aliphatic heterocycles. The molecule has 86 valence electrons. The molecule has 0 amide bonds. The molecule has 0 saturated heterocycles. The smallest absolute Gasteiger partial charge is 0.0955 e. The molecule has 3 nitrogen and oxygen atoms in total. The summed E-state index contributed by atoms with van der Waals surface area (Å²) in [4.78, 5) is 4.36. The number of hydrogen-bond acceptors (Lipinski definition) is 2. The van der Waals surface area contributed by atoms with Crippen molar-refractivity contribution >= 4 is 11.0 Å². The minimum absolute atomic E-state index is 0.554. The molecule has 0 atom stereocenters. The number of aryl methyl sites for hydroxylation is 1. The molecule has 0 aliphatic rings. The van der Waals surface area contributed by atoms with Gasteiger partial charge >= 0.3 is 0 Å². The Kier molecular flexibility index (Phi) is 3.25. The first-order valence-corrected chi connectivity index (χ1v) is 5.80. The molecular formula is C13H19N3. The summed E-state index contributed by atoms with van der Waals surface area (Å²) in [7, 11) is 2.02. The molecule has 1 N–H and O–H groups in total. The first-order valence-electron chi connectivity index (χ1n) is 5.80. The van der Waals surface area contributed by atoms with Crippen LogP contribution in [-0.4, -0.2) is 22.1 Å². The Balaban J connectivity index is 2.08. The molecule has 16 heavy (non-hydrogen) atoms. The molecule has 0 fully saturated rings. The molecule has 0 spiro atoms. The van der Waals surface area contributed by atoms with Crippen molar-refractivity contribution in [3.8, 4) is 0 Å². The van der Waals surface area contributed by atoms with E-state index in [-0.39, 0.29) is 0 Å². The van der Waals surface area contributed by atoms with Crippen LogP contribution in [0.2, 0.25) is 0 Å². The quantitative estimate of drug-likeness (QED) is 0.850. The molecule has 0 aliphatic carbocycles. The van der Waals surface area contributed by atoms with Gasteiger partial charge in [-0.25, -0.2) is 4.98 Å². The number of fused-ring (bicyclic) bond motifs is 1. The van der Waals surface area contributed by atoms with Gasteiger partial charge in [0.2, 0.25) is 0 Å². The molecule has 0 radical (unpaired) electrons. The van der Waals surface area contributed by atoms with Gasteiger partial charge in [-0.3, -0.25) is 0 Å². The summed E-state index contributed by atoms with van der Waals surface area (Å²) in [5.74, 6) is 0. The number of hydrogen-bond donors (Lipinski definition) is 1. The van der Waals surface area contributed by atoms with Crippen molar-refractivity contribution in [2.45, 2.75) is 26.3 Å². The predicted molar refractivity (Wildman–Crippen MR) is 67.6 cm³/mol. The SMILES string of the molecule is CC(C)NCCc1ccc2c(c1)ncn2C. The Morgan fingerprint density at radius 1 is 1.38 bits per heavy atom. The lowest BCUT2D eigenvalue weighted by atomic mass is 10.1. The third kappa shape index (κ3) is 2.42. The lowest BCUT2D eigenvalue weighted by Crippen LogP contribution is -2.24. The average Bonchev–Trinajstić information content (AvgIpc) is 2.60. The Morgan fingerprint density at radius 2 is 2.19 bits per heavy atom. The Morgan fingerprint density at radius 3 is 2.94 bits per heavy atom. The van der Waals surface area contributed by atoms with E-state index in [0.717, 1.165) is 18.5 Å². The van der Waals surface area contributed by atoms with Crippen LogP contribution >= 0.6 is 0 Å². The molecule has 1 heterocycles. The van der Waals surface area contributed by atoms with E-state index in [1.807, 2.05) is 17.9 Å². The molecule has 0 bridgehead atoms. The maximum Gasteiger partial charge on any atom is 0.0955 e. The van der Waals surface area contributed by atoms with Crippen LogP contribution in [-0.2, 0) is 13.5 Å². The van der Waals surface area contributed by atoms with E-state index in [1.54, 1.807) is 0 Å². The van der Waals surface area contributed by atoms with Crippen molar-refractivity contribution in [3.63, 3.8) is 0 Å². The van der Waals surface area contributed by atoms with Crippen LogP contribution in [0.5, 0.6) is 0 Å². The van der Waals surface area contributed by atoms with Gasteiger partial charge in [0.05, 0.1) is 17.4 Å². The summed E-state index contributed by atoms with van der Waals surface area (Å²) >= 11 is 0. The van der Waals surface area contributed by atoms with Crippen LogP contribution in [0.4, 0.5) is 0 Å². The normalized spacial score (nSPS) is 11.5. The first-order chi connectivity index (χ1) is 7.66. The van der Waals surface area contributed by atoms with Crippen LogP contribution in [0.1, 0.15) is 19.4 Å². The van der Waals surface area contributed by atoms with E-state index in [9.17, 15) is 0 Å². The number of rotatable bonds is 4. The molecule has 0 saturated carbocycles. The highest BCUT2D eigenvalue weighted by Crippen LogP contribution is 2.13. The van der Waals surface area contributed by atoms with Crippen LogP contribution in [0.25, 0.3) is 11.0 Å². The highest BCUT2D eigenvalue weighted by molar-refractivity contribution is 5.75. The molecule has 2 aromatic rings. The van der Waals surface area contributed by atoms with Gasteiger partial charge in [0.25, 0.3) is 0 Å². The monoisotopic (exact) mass is 217 g/mol. The summed E-state index contributed by atoms with van der Waals surface area (Å²) in [5.41, 5.74) is 3.63. The van der Waals surface area contributed by atoms with Gasteiger partial charge in [0.15, 0.2) is 0 Å². The van der Waals surface area contributed by atoms with E-state index in [0.29, 0.717) is 6.04 Å². The van der Waals surface area contributed by atoms with Crippen LogP contribution in [0.3, 0.4) is 0 Å². The largest absolute Gasteiger partial charge is 0.334 e. The highest BCUT2D eigenvalue weighted by Gasteiger charge is 2.01. The van der Waals surface area contributed by atoms with Crippen molar-refractivity contribution in [1.29, 1.82) is 0 Å². The predicted octanol–water partition coefficient (Wildman–Crippen LogP) is 2.11. The average molecular weight is 217 g/mol. The van der Waals surface area contributed by atoms with Gasteiger partial charge in [0, 0.05) is 13.1 Å². The first kappa shape index (κ1) is 11.1. The minimum atomic E-state index is 0.554. The molecule has 1 aromatic carbocycles. The highest BCUT2D eigenvalue weighted by atomic mass is 15.0. The fourth-order valence-corrected chi connectivity index (χ4v) is 1.84. The van der Waals surface area contributed by atoms with Crippen molar-refractivity contribution < 1.29 is 0 Å². The second kappa shape index (κ2) is 4.66. The van der Waals surface area contributed by atoms with Crippen molar-refractivity contribution in [3.05, 3.63) is 30.1 Å². The van der Waals surface area contributed by atoms with Crippen LogP contribution in [0.15, 0.2) is 24.5 Å². The topological polar surface area (TPSA) is 29.9 Å². The summed E-state index contributed by atoms with van der Waals surface area (Å²) < 4.78 is 2.05.